The van der Waals surface area contributed by atoms with Gasteiger partial charge in [-0.2, -0.15) is 0 Å². The Bertz CT molecular complexity index is 576. The largest absolute Gasteiger partial charge is 0.391 e. The van der Waals surface area contributed by atoms with E-state index in [1.54, 1.807) is 13.0 Å². The molecule has 0 radical (unpaired) electrons. The normalized spacial score (nSPS) is 21.5. The van der Waals surface area contributed by atoms with Gasteiger partial charge in [-0.1, -0.05) is 25.9 Å². The molecule has 0 aromatic carbocycles. The first-order valence-corrected chi connectivity index (χ1v) is 7.83. The fourth-order valence-corrected chi connectivity index (χ4v) is 2.56. The molecule has 1 fully saturated rings. The average Bonchev–Trinajstić information content (AvgIpc) is 3.01. The van der Waals surface area contributed by atoms with Crippen molar-refractivity contribution < 1.29 is 19.2 Å². The van der Waals surface area contributed by atoms with E-state index in [0.29, 0.717) is 18.0 Å². The fourth-order valence-electron chi connectivity index (χ4n) is 2.56. The van der Waals surface area contributed by atoms with Crippen LogP contribution in [0.3, 0.4) is 0 Å². The second-order valence-corrected chi connectivity index (χ2v) is 7.34. The van der Waals surface area contributed by atoms with E-state index in [2.05, 4.69) is 10.5 Å². The first-order chi connectivity index (χ1) is 10.7. The molecular formula is C16H25N3O4. The fraction of sp³-hybridized carbons (Fsp3) is 0.688. The Morgan fingerprint density at radius 1 is 1.48 bits per heavy atom. The summed E-state index contributed by atoms with van der Waals surface area (Å²) in [5, 5.41) is 16.5. The summed E-state index contributed by atoms with van der Waals surface area (Å²) in [6.45, 7) is 8.52. The third kappa shape index (κ3) is 4.79. The lowest BCUT2D eigenvalue weighted by atomic mass is 9.97. The number of rotatable bonds is 4. The molecule has 7 nitrogen and oxygen atoms in total. The van der Waals surface area contributed by atoms with E-state index in [4.69, 9.17) is 4.52 Å². The number of amides is 2. The highest BCUT2D eigenvalue weighted by molar-refractivity contribution is 5.89. The Morgan fingerprint density at radius 3 is 2.74 bits per heavy atom. The second-order valence-electron chi connectivity index (χ2n) is 7.34. The van der Waals surface area contributed by atoms with Crippen molar-refractivity contribution in [3.05, 3.63) is 17.5 Å². The topological polar surface area (TPSA) is 95.7 Å². The third-order valence-corrected chi connectivity index (χ3v) is 3.70. The molecular weight excluding hydrogens is 298 g/mol. The molecule has 2 N–H and O–H groups in total. The summed E-state index contributed by atoms with van der Waals surface area (Å²) in [6.07, 6.45) is -0.380. The zero-order chi connectivity index (χ0) is 17.2. The van der Waals surface area contributed by atoms with Gasteiger partial charge in [0.05, 0.1) is 18.2 Å². The molecule has 0 aliphatic carbocycles. The van der Waals surface area contributed by atoms with Crippen LogP contribution in [-0.2, 0) is 16.0 Å². The number of carbonyl (C=O) groups is 2. The molecule has 2 rings (SSSR count). The molecule has 23 heavy (non-hydrogen) atoms. The predicted molar refractivity (Wildman–Crippen MR) is 83.5 cm³/mol. The van der Waals surface area contributed by atoms with E-state index in [1.807, 2.05) is 20.8 Å². The Balaban J connectivity index is 2.00. The molecule has 0 saturated carbocycles. The van der Waals surface area contributed by atoms with Crippen LogP contribution in [0.5, 0.6) is 0 Å². The highest BCUT2D eigenvalue weighted by Crippen LogP contribution is 2.20. The van der Waals surface area contributed by atoms with Crippen molar-refractivity contribution in [3.63, 3.8) is 0 Å². The number of nitrogens with zero attached hydrogens (tertiary/aromatic N) is 2. The summed E-state index contributed by atoms with van der Waals surface area (Å²) in [4.78, 5) is 26.2. The van der Waals surface area contributed by atoms with Crippen LogP contribution in [0.25, 0.3) is 0 Å². The number of β-amino-alcohol motifs (C(OH)–C–C–N with tert-alkyl or cyclic N) is 1. The molecule has 2 atom stereocenters. The molecule has 0 spiro atoms. The lowest BCUT2D eigenvalue weighted by Crippen LogP contribution is -2.48. The smallest absolute Gasteiger partial charge is 0.242 e. The van der Waals surface area contributed by atoms with Crippen molar-refractivity contribution in [1.82, 2.24) is 15.4 Å². The predicted octanol–water partition coefficient (Wildman–Crippen LogP) is 0.650. The number of aliphatic hydroxyl groups excluding tert-OH is 1. The number of hydrogen-bond donors (Lipinski definition) is 2. The first kappa shape index (κ1) is 17.5. The van der Waals surface area contributed by atoms with Gasteiger partial charge in [0.15, 0.2) is 0 Å². The number of hydrogen-bond acceptors (Lipinski definition) is 5. The van der Waals surface area contributed by atoms with Gasteiger partial charge < -0.3 is 19.8 Å². The average molecular weight is 323 g/mol. The van der Waals surface area contributed by atoms with Gasteiger partial charge in [-0.25, -0.2) is 0 Å². The second kappa shape index (κ2) is 6.70. The van der Waals surface area contributed by atoms with E-state index in [-0.39, 0.29) is 36.6 Å². The van der Waals surface area contributed by atoms with Gasteiger partial charge in [0.1, 0.15) is 11.8 Å². The molecule has 1 saturated heterocycles. The van der Waals surface area contributed by atoms with E-state index in [0.717, 1.165) is 0 Å². The maximum Gasteiger partial charge on any atom is 0.242 e. The summed E-state index contributed by atoms with van der Waals surface area (Å²) in [5.74, 6) is -0.00470. The lowest BCUT2D eigenvalue weighted by molar-refractivity contribution is -0.138. The van der Waals surface area contributed by atoms with Gasteiger partial charge in [-0.3, -0.25) is 9.59 Å². The Morgan fingerprint density at radius 2 is 2.17 bits per heavy atom. The Hall–Kier alpha value is -1.89. The summed E-state index contributed by atoms with van der Waals surface area (Å²) >= 11 is 0. The molecule has 1 aromatic rings. The number of aryl methyl sites for hydroxylation is 1. The zero-order valence-electron chi connectivity index (χ0n) is 14.1. The van der Waals surface area contributed by atoms with Crippen LogP contribution in [0.4, 0.5) is 0 Å². The number of aliphatic hydroxyl groups is 1. The maximum absolute atomic E-state index is 12.4. The van der Waals surface area contributed by atoms with Crippen molar-refractivity contribution in [1.29, 1.82) is 0 Å². The van der Waals surface area contributed by atoms with Crippen LogP contribution in [0.15, 0.2) is 10.6 Å². The lowest BCUT2D eigenvalue weighted by Gasteiger charge is -2.25. The van der Waals surface area contributed by atoms with Crippen LogP contribution < -0.4 is 5.32 Å². The first-order valence-electron chi connectivity index (χ1n) is 7.83. The number of nitrogens with one attached hydrogen (secondary N) is 1. The highest BCUT2D eigenvalue weighted by atomic mass is 16.5. The zero-order valence-corrected chi connectivity index (χ0v) is 14.1. The summed E-state index contributed by atoms with van der Waals surface area (Å²) in [7, 11) is 0. The molecule has 7 heteroatoms. The number of carbonyl (C=O) groups excluding carboxylic acids is 2. The van der Waals surface area contributed by atoms with Gasteiger partial charge >= 0.3 is 0 Å². The van der Waals surface area contributed by atoms with Gasteiger partial charge in [0.2, 0.25) is 11.8 Å². The molecule has 1 aromatic heterocycles. The SMILES string of the molecule is Cc1cc(CC(=O)N2C[C@H](O)C[C@H]2C(=O)NCC(C)(C)C)on1. The van der Waals surface area contributed by atoms with Crippen molar-refractivity contribution in [2.24, 2.45) is 5.41 Å². The van der Waals surface area contributed by atoms with Crippen LogP contribution >= 0.6 is 0 Å². The monoisotopic (exact) mass is 323 g/mol. The molecule has 0 unspecified atom stereocenters. The quantitative estimate of drug-likeness (QED) is 0.848. The molecule has 128 valence electrons. The minimum absolute atomic E-state index is 0.0383. The Labute approximate surface area is 136 Å². The van der Waals surface area contributed by atoms with Crippen LogP contribution in [0.1, 0.15) is 38.6 Å². The minimum atomic E-state index is -0.680. The molecule has 1 aliphatic heterocycles. The van der Waals surface area contributed by atoms with E-state index in [1.165, 1.54) is 4.90 Å². The van der Waals surface area contributed by atoms with Crippen LogP contribution in [0.2, 0.25) is 0 Å². The molecule has 1 aliphatic rings. The third-order valence-electron chi connectivity index (χ3n) is 3.70. The van der Waals surface area contributed by atoms with Crippen molar-refractivity contribution in [3.8, 4) is 0 Å². The van der Waals surface area contributed by atoms with Crippen molar-refractivity contribution in [2.45, 2.75) is 52.7 Å². The van der Waals surface area contributed by atoms with Gasteiger partial charge in [0, 0.05) is 25.6 Å². The maximum atomic E-state index is 12.4. The highest BCUT2D eigenvalue weighted by Gasteiger charge is 2.39. The van der Waals surface area contributed by atoms with Crippen molar-refractivity contribution in [2.75, 3.05) is 13.1 Å². The van der Waals surface area contributed by atoms with Gasteiger partial charge in [-0.05, 0) is 12.3 Å². The van der Waals surface area contributed by atoms with Gasteiger partial charge in [-0.15, -0.1) is 0 Å². The molecule has 2 amide bonds. The van der Waals surface area contributed by atoms with E-state index >= 15 is 0 Å². The summed E-state index contributed by atoms with van der Waals surface area (Å²) in [6, 6.07) is 1.06. The minimum Gasteiger partial charge on any atom is -0.391 e. The number of aromatic nitrogens is 1. The van der Waals surface area contributed by atoms with E-state index in [9.17, 15) is 14.7 Å². The van der Waals surface area contributed by atoms with Crippen LogP contribution in [0, 0.1) is 12.3 Å². The molecule has 0 bridgehead atoms. The van der Waals surface area contributed by atoms with Gasteiger partial charge in [0.25, 0.3) is 0 Å². The van der Waals surface area contributed by atoms with Crippen LogP contribution in [-0.4, -0.2) is 52.2 Å². The summed E-state index contributed by atoms with van der Waals surface area (Å²) < 4.78 is 5.05. The standard InChI is InChI=1S/C16H25N3O4/c1-10-5-12(23-18-10)7-14(21)19-8-11(20)6-13(19)15(22)17-9-16(2,3)4/h5,11,13,20H,6-9H2,1-4H3,(H,17,22)/t11-,13+/m1/s1. The van der Waals surface area contributed by atoms with Crippen molar-refractivity contribution >= 4 is 11.8 Å². The Kier molecular flexibility index (Phi) is 5.09. The molecule has 2 heterocycles. The van der Waals surface area contributed by atoms with E-state index < -0.39 is 12.1 Å². The number of likely N-dealkylation sites (tertiary alicyclic amines) is 1. The summed E-state index contributed by atoms with van der Waals surface area (Å²) in [5.41, 5.74) is 0.660.